The summed E-state index contributed by atoms with van der Waals surface area (Å²) in [6.45, 7) is 1.60. The lowest BCUT2D eigenvalue weighted by Gasteiger charge is -2.26. The minimum atomic E-state index is -1.13. The van der Waals surface area contributed by atoms with Gasteiger partial charge in [0.15, 0.2) is 0 Å². The summed E-state index contributed by atoms with van der Waals surface area (Å²) in [6.07, 6.45) is 1.16. The van der Waals surface area contributed by atoms with Crippen molar-refractivity contribution in [2.24, 2.45) is 0 Å². The molecule has 0 unspecified atom stereocenters. The Hall–Kier alpha value is -3.35. The summed E-state index contributed by atoms with van der Waals surface area (Å²) >= 11 is 0. The highest BCUT2D eigenvalue weighted by Crippen LogP contribution is 2.33. The van der Waals surface area contributed by atoms with Gasteiger partial charge in [0, 0.05) is 5.69 Å². The van der Waals surface area contributed by atoms with Crippen LogP contribution >= 0.6 is 0 Å². The van der Waals surface area contributed by atoms with E-state index in [2.05, 4.69) is 10.6 Å². The highest BCUT2D eigenvalue weighted by molar-refractivity contribution is 6.10. The molecule has 2 aromatic carbocycles. The fourth-order valence-corrected chi connectivity index (χ4v) is 3.40. The summed E-state index contributed by atoms with van der Waals surface area (Å²) < 4.78 is 5.08. The molecule has 0 spiro atoms. The van der Waals surface area contributed by atoms with E-state index in [0.717, 1.165) is 4.90 Å². The smallest absolute Gasteiger partial charge is 0.325 e. The van der Waals surface area contributed by atoms with Crippen LogP contribution in [0.3, 0.4) is 0 Å². The predicted molar refractivity (Wildman–Crippen MR) is 105 cm³/mol. The number of carbonyl (C=O) groups excluding carboxylic acids is 3. The number of methoxy groups -OCH3 is 1. The van der Waals surface area contributed by atoms with E-state index in [1.165, 1.54) is 0 Å². The van der Waals surface area contributed by atoms with E-state index in [-0.39, 0.29) is 6.54 Å². The van der Waals surface area contributed by atoms with E-state index in [1.54, 1.807) is 31.4 Å². The lowest BCUT2D eigenvalue weighted by molar-refractivity contribution is -0.134. The molecule has 7 nitrogen and oxygen atoms in total. The molecule has 2 N–H and O–H groups in total. The van der Waals surface area contributed by atoms with Gasteiger partial charge in [-0.25, -0.2) is 4.79 Å². The fraction of sp³-hybridized carbons (Fsp3) is 0.286. The second-order valence-electron chi connectivity index (χ2n) is 6.62. The SMILES string of the molecule is CCC[C@@]1(c2ccccc2)NC(=O)N(CC(=O)Nc2ccc(OC)cc2)C1=O. The normalized spacial score (nSPS) is 18.7. The molecule has 1 saturated heterocycles. The van der Waals surface area contributed by atoms with Gasteiger partial charge in [0.05, 0.1) is 7.11 Å². The maximum Gasteiger partial charge on any atom is 0.325 e. The first-order chi connectivity index (χ1) is 13.5. The molecule has 3 rings (SSSR count). The molecule has 28 heavy (non-hydrogen) atoms. The number of carbonyl (C=O) groups is 3. The van der Waals surface area contributed by atoms with Gasteiger partial charge < -0.3 is 15.4 Å². The van der Waals surface area contributed by atoms with Crippen molar-refractivity contribution in [3.63, 3.8) is 0 Å². The fourth-order valence-electron chi connectivity index (χ4n) is 3.40. The van der Waals surface area contributed by atoms with Crippen molar-refractivity contribution in [2.75, 3.05) is 19.0 Å². The number of anilines is 1. The van der Waals surface area contributed by atoms with Gasteiger partial charge in [-0.05, 0) is 36.2 Å². The van der Waals surface area contributed by atoms with Gasteiger partial charge in [-0.15, -0.1) is 0 Å². The molecule has 1 heterocycles. The summed E-state index contributed by atoms with van der Waals surface area (Å²) in [4.78, 5) is 39.0. The number of hydrogen-bond acceptors (Lipinski definition) is 4. The number of benzene rings is 2. The first-order valence-electron chi connectivity index (χ1n) is 9.13. The van der Waals surface area contributed by atoms with Crippen LogP contribution in [0, 0.1) is 0 Å². The first kappa shape index (κ1) is 19.4. The molecule has 0 saturated carbocycles. The zero-order valence-corrected chi connectivity index (χ0v) is 15.9. The average Bonchev–Trinajstić information content (AvgIpc) is 2.94. The van der Waals surface area contributed by atoms with Gasteiger partial charge in [-0.2, -0.15) is 0 Å². The first-order valence-corrected chi connectivity index (χ1v) is 9.13. The number of ether oxygens (including phenoxy) is 1. The van der Waals surface area contributed by atoms with Gasteiger partial charge in [-0.1, -0.05) is 43.7 Å². The van der Waals surface area contributed by atoms with Crippen molar-refractivity contribution in [1.82, 2.24) is 10.2 Å². The Labute approximate surface area is 163 Å². The van der Waals surface area contributed by atoms with Gasteiger partial charge in [-0.3, -0.25) is 14.5 Å². The van der Waals surface area contributed by atoms with E-state index in [0.29, 0.717) is 29.8 Å². The van der Waals surface area contributed by atoms with E-state index in [1.807, 2.05) is 37.3 Å². The Bertz CT molecular complexity index is 867. The van der Waals surface area contributed by atoms with E-state index in [4.69, 9.17) is 4.74 Å². The number of amides is 4. The van der Waals surface area contributed by atoms with Gasteiger partial charge >= 0.3 is 6.03 Å². The molecule has 1 aliphatic heterocycles. The number of imide groups is 1. The molecule has 2 aromatic rings. The highest BCUT2D eigenvalue weighted by Gasteiger charge is 2.52. The van der Waals surface area contributed by atoms with Crippen molar-refractivity contribution in [1.29, 1.82) is 0 Å². The van der Waals surface area contributed by atoms with E-state index < -0.39 is 23.4 Å². The molecule has 4 amide bonds. The molecule has 0 radical (unpaired) electrons. The van der Waals surface area contributed by atoms with Crippen molar-refractivity contribution < 1.29 is 19.1 Å². The van der Waals surface area contributed by atoms with Crippen LogP contribution in [0.4, 0.5) is 10.5 Å². The summed E-state index contributed by atoms with van der Waals surface area (Å²) in [5.74, 6) is -0.191. The van der Waals surface area contributed by atoms with Crippen molar-refractivity contribution in [3.05, 3.63) is 60.2 Å². The predicted octanol–water partition coefficient (Wildman–Crippen LogP) is 2.88. The maximum atomic E-state index is 13.1. The van der Waals surface area contributed by atoms with Crippen LogP contribution in [-0.4, -0.2) is 36.4 Å². The third-order valence-corrected chi connectivity index (χ3v) is 4.74. The Morgan fingerprint density at radius 3 is 2.39 bits per heavy atom. The Balaban J connectivity index is 1.76. The monoisotopic (exact) mass is 381 g/mol. The Kier molecular flexibility index (Phi) is 5.63. The molecule has 7 heteroatoms. The molecule has 1 atom stereocenters. The Morgan fingerprint density at radius 1 is 1.11 bits per heavy atom. The van der Waals surface area contributed by atoms with E-state index in [9.17, 15) is 14.4 Å². The Morgan fingerprint density at radius 2 is 1.79 bits per heavy atom. The minimum absolute atomic E-state index is 0.352. The van der Waals surface area contributed by atoms with Crippen molar-refractivity contribution in [3.8, 4) is 5.75 Å². The second kappa shape index (κ2) is 8.12. The van der Waals surface area contributed by atoms with Crippen LogP contribution in [0.5, 0.6) is 5.75 Å². The van der Waals surface area contributed by atoms with Gasteiger partial charge in [0.2, 0.25) is 5.91 Å². The minimum Gasteiger partial charge on any atom is -0.497 e. The number of hydrogen-bond donors (Lipinski definition) is 2. The third-order valence-electron chi connectivity index (χ3n) is 4.74. The second-order valence-corrected chi connectivity index (χ2v) is 6.62. The molecule has 0 aromatic heterocycles. The van der Waals surface area contributed by atoms with Crippen molar-refractivity contribution >= 4 is 23.5 Å². The molecule has 0 aliphatic carbocycles. The number of nitrogens with one attached hydrogen (secondary N) is 2. The summed E-state index contributed by atoms with van der Waals surface area (Å²) in [5, 5.41) is 5.50. The zero-order chi connectivity index (χ0) is 20.1. The highest BCUT2D eigenvalue weighted by atomic mass is 16.5. The quantitative estimate of drug-likeness (QED) is 0.722. The number of nitrogens with zero attached hydrogens (tertiary/aromatic N) is 1. The van der Waals surface area contributed by atoms with Crippen LogP contribution in [0.25, 0.3) is 0 Å². The molecular formula is C21H23N3O4. The number of rotatable bonds is 7. The molecule has 1 aliphatic rings. The lowest BCUT2D eigenvalue weighted by Crippen LogP contribution is -2.44. The van der Waals surface area contributed by atoms with Gasteiger partial charge in [0.1, 0.15) is 17.8 Å². The topological polar surface area (TPSA) is 87.7 Å². The average molecular weight is 381 g/mol. The molecule has 1 fully saturated rings. The summed E-state index contributed by atoms with van der Waals surface area (Å²) in [6, 6.07) is 15.4. The molecule has 0 bridgehead atoms. The van der Waals surface area contributed by atoms with E-state index >= 15 is 0 Å². The van der Waals surface area contributed by atoms with Crippen LogP contribution in [-0.2, 0) is 15.1 Å². The summed E-state index contributed by atoms with van der Waals surface area (Å²) in [7, 11) is 1.56. The standard InChI is InChI=1S/C21H23N3O4/c1-3-13-21(15-7-5-4-6-8-15)19(26)24(20(27)23-21)14-18(25)22-16-9-11-17(28-2)12-10-16/h4-12H,3,13-14H2,1-2H3,(H,22,25)(H,23,27)/t21-/m0/s1. The zero-order valence-electron chi connectivity index (χ0n) is 15.9. The lowest BCUT2D eigenvalue weighted by atomic mass is 9.85. The third kappa shape index (κ3) is 3.69. The van der Waals surface area contributed by atoms with Crippen LogP contribution < -0.4 is 15.4 Å². The van der Waals surface area contributed by atoms with Crippen LogP contribution in [0.15, 0.2) is 54.6 Å². The van der Waals surface area contributed by atoms with Crippen molar-refractivity contribution in [2.45, 2.75) is 25.3 Å². The molecule has 146 valence electrons. The van der Waals surface area contributed by atoms with Gasteiger partial charge in [0.25, 0.3) is 5.91 Å². The largest absolute Gasteiger partial charge is 0.497 e. The molecular weight excluding hydrogens is 358 g/mol. The number of urea groups is 1. The maximum absolute atomic E-state index is 13.1. The summed E-state index contributed by atoms with van der Waals surface area (Å²) in [5.41, 5.74) is 0.141. The van der Waals surface area contributed by atoms with Crippen LogP contribution in [0.2, 0.25) is 0 Å². The van der Waals surface area contributed by atoms with Crippen LogP contribution in [0.1, 0.15) is 25.3 Å².